The third-order valence-corrected chi connectivity index (χ3v) is 7.32. The summed E-state index contributed by atoms with van der Waals surface area (Å²) in [6.07, 6.45) is 2.68. The molecule has 0 saturated heterocycles. The van der Waals surface area contributed by atoms with E-state index in [0.29, 0.717) is 56.3 Å². The van der Waals surface area contributed by atoms with E-state index in [2.05, 4.69) is 5.32 Å². The lowest BCUT2D eigenvalue weighted by atomic mass is 10.1. The fourth-order valence-electron chi connectivity index (χ4n) is 4.24. The lowest BCUT2D eigenvalue weighted by molar-refractivity contribution is -0.140. The van der Waals surface area contributed by atoms with Gasteiger partial charge in [0.15, 0.2) is 0 Å². The normalized spacial score (nSPS) is 12.2. The Hall–Kier alpha value is -3.07. The highest BCUT2D eigenvalue weighted by atomic mass is 32.2. The zero-order valence-corrected chi connectivity index (χ0v) is 24.2. The maximum atomic E-state index is 13.5. The number of carbonyl (C=O) groups excluding carboxylic acids is 2. The van der Waals surface area contributed by atoms with Gasteiger partial charge in [-0.2, -0.15) is 0 Å². The number of nitrogens with one attached hydrogen (secondary N) is 1. The molecule has 0 aromatic heterocycles. The van der Waals surface area contributed by atoms with Crippen LogP contribution in [0.1, 0.15) is 52.5 Å². The molecule has 0 heterocycles. The Morgan fingerprint density at radius 1 is 0.974 bits per heavy atom. The summed E-state index contributed by atoms with van der Waals surface area (Å²) in [5.41, 5.74) is 1.53. The minimum Gasteiger partial charge on any atom is -0.492 e. The Kier molecular flexibility index (Phi) is 12.6. The van der Waals surface area contributed by atoms with E-state index >= 15 is 0 Å². The number of nitrogens with zero attached hydrogens (tertiary/aromatic N) is 2. The molecular weight excluding hydrogens is 502 g/mol. The molecule has 8 nitrogen and oxygen atoms in total. The van der Waals surface area contributed by atoms with Gasteiger partial charge in [0, 0.05) is 26.1 Å². The molecule has 0 bridgehead atoms. The third-order valence-electron chi connectivity index (χ3n) is 6.14. The summed E-state index contributed by atoms with van der Waals surface area (Å²) in [6.45, 7) is 9.26. The monoisotopic (exact) mass is 545 g/mol. The van der Waals surface area contributed by atoms with Crippen molar-refractivity contribution in [1.29, 1.82) is 0 Å². The van der Waals surface area contributed by atoms with E-state index in [4.69, 9.17) is 4.74 Å². The van der Waals surface area contributed by atoms with Gasteiger partial charge in [0.2, 0.25) is 21.8 Å². The van der Waals surface area contributed by atoms with Gasteiger partial charge >= 0.3 is 0 Å². The molecule has 38 heavy (non-hydrogen) atoms. The molecule has 0 aliphatic rings. The Balaban J connectivity index is 2.19. The average Bonchev–Trinajstić information content (AvgIpc) is 2.88. The predicted octanol–water partition coefficient (Wildman–Crippen LogP) is 4.25. The quantitative estimate of drug-likeness (QED) is 0.340. The van der Waals surface area contributed by atoms with E-state index in [0.717, 1.165) is 11.8 Å². The van der Waals surface area contributed by atoms with Crippen LogP contribution in [-0.4, -0.2) is 63.7 Å². The number of rotatable bonds is 16. The van der Waals surface area contributed by atoms with Crippen molar-refractivity contribution in [2.24, 2.45) is 5.92 Å². The number of hydrogen-bond donors (Lipinski definition) is 1. The van der Waals surface area contributed by atoms with E-state index in [1.54, 1.807) is 29.2 Å². The maximum Gasteiger partial charge on any atom is 0.242 e. The lowest BCUT2D eigenvalue weighted by Gasteiger charge is -2.31. The first-order valence-electron chi connectivity index (χ1n) is 13.4. The molecule has 2 aromatic rings. The van der Waals surface area contributed by atoms with Crippen LogP contribution in [0.5, 0.6) is 5.75 Å². The van der Waals surface area contributed by atoms with Crippen molar-refractivity contribution in [3.8, 4) is 5.75 Å². The minimum absolute atomic E-state index is 0.117. The molecule has 0 radical (unpaired) electrons. The van der Waals surface area contributed by atoms with E-state index in [-0.39, 0.29) is 24.8 Å². The van der Waals surface area contributed by atoms with Crippen molar-refractivity contribution in [2.75, 3.05) is 36.8 Å². The van der Waals surface area contributed by atoms with E-state index in [1.165, 1.54) is 4.31 Å². The Bertz CT molecular complexity index is 1120. The Labute approximate surface area is 228 Å². The highest BCUT2D eigenvalue weighted by Crippen LogP contribution is 2.30. The minimum atomic E-state index is -3.61. The molecule has 1 atom stereocenters. The summed E-state index contributed by atoms with van der Waals surface area (Å²) < 4.78 is 32.2. The highest BCUT2D eigenvalue weighted by molar-refractivity contribution is 7.92. The van der Waals surface area contributed by atoms with Gasteiger partial charge in [-0.1, -0.05) is 63.2 Å². The summed E-state index contributed by atoms with van der Waals surface area (Å²) >= 11 is 0. The molecule has 2 amide bonds. The van der Waals surface area contributed by atoms with Gasteiger partial charge in [-0.15, -0.1) is 0 Å². The van der Waals surface area contributed by atoms with Gasteiger partial charge in [-0.25, -0.2) is 8.42 Å². The molecular formula is C29H43N3O5S. The van der Waals surface area contributed by atoms with Crippen LogP contribution in [0.2, 0.25) is 0 Å². The van der Waals surface area contributed by atoms with Crippen molar-refractivity contribution in [3.63, 3.8) is 0 Å². The molecule has 0 aliphatic carbocycles. The van der Waals surface area contributed by atoms with Crippen LogP contribution in [0, 0.1) is 5.92 Å². The van der Waals surface area contributed by atoms with Crippen LogP contribution in [0.4, 0.5) is 5.69 Å². The molecule has 0 aliphatic heterocycles. The lowest BCUT2D eigenvalue weighted by Crippen LogP contribution is -2.50. The van der Waals surface area contributed by atoms with E-state index in [1.807, 2.05) is 58.0 Å². The topological polar surface area (TPSA) is 96.0 Å². The van der Waals surface area contributed by atoms with Crippen LogP contribution >= 0.6 is 0 Å². The molecule has 210 valence electrons. The number of para-hydroxylation sites is 2. The van der Waals surface area contributed by atoms with E-state index in [9.17, 15) is 18.0 Å². The SMILES string of the molecule is CCOc1ccccc1N(CCCC(=O)N(CCc1ccccc1)[C@H](CC)C(=O)NCC(C)C)S(C)(=O)=O. The maximum absolute atomic E-state index is 13.5. The van der Waals surface area contributed by atoms with Crippen molar-refractivity contribution < 1.29 is 22.7 Å². The molecule has 2 rings (SSSR count). The average molecular weight is 546 g/mol. The van der Waals surface area contributed by atoms with Gasteiger partial charge in [0.1, 0.15) is 11.8 Å². The molecule has 9 heteroatoms. The fraction of sp³-hybridized carbons (Fsp3) is 0.517. The van der Waals surface area contributed by atoms with Gasteiger partial charge in [0.25, 0.3) is 0 Å². The summed E-state index contributed by atoms with van der Waals surface area (Å²) in [4.78, 5) is 28.2. The fourth-order valence-corrected chi connectivity index (χ4v) is 5.21. The summed E-state index contributed by atoms with van der Waals surface area (Å²) in [5.74, 6) is 0.445. The first-order chi connectivity index (χ1) is 18.1. The predicted molar refractivity (Wildman–Crippen MR) is 153 cm³/mol. The third kappa shape index (κ3) is 9.67. The second-order valence-electron chi connectivity index (χ2n) is 9.73. The molecule has 1 N–H and O–H groups in total. The second kappa shape index (κ2) is 15.4. The number of anilines is 1. The van der Waals surface area contributed by atoms with Crippen LogP contribution in [0.25, 0.3) is 0 Å². The summed E-state index contributed by atoms with van der Waals surface area (Å²) in [6, 6.07) is 16.2. The zero-order chi connectivity index (χ0) is 28.1. The Morgan fingerprint density at radius 2 is 1.63 bits per heavy atom. The number of amides is 2. The van der Waals surface area contributed by atoms with Crippen LogP contribution in [0.15, 0.2) is 54.6 Å². The molecule has 0 saturated carbocycles. The highest BCUT2D eigenvalue weighted by Gasteiger charge is 2.29. The van der Waals surface area contributed by atoms with Crippen molar-refractivity contribution in [2.45, 2.75) is 59.4 Å². The smallest absolute Gasteiger partial charge is 0.242 e. The second-order valence-corrected chi connectivity index (χ2v) is 11.6. The van der Waals surface area contributed by atoms with E-state index < -0.39 is 16.1 Å². The first kappa shape index (κ1) is 31.1. The largest absolute Gasteiger partial charge is 0.492 e. The number of ether oxygens (including phenoxy) is 1. The summed E-state index contributed by atoms with van der Waals surface area (Å²) in [7, 11) is -3.61. The molecule has 2 aromatic carbocycles. The van der Waals surface area contributed by atoms with Gasteiger partial charge in [-0.3, -0.25) is 13.9 Å². The summed E-state index contributed by atoms with van der Waals surface area (Å²) in [5, 5.41) is 2.97. The first-order valence-corrected chi connectivity index (χ1v) is 15.2. The number of sulfonamides is 1. The van der Waals surface area contributed by atoms with Gasteiger partial charge in [-0.05, 0) is 49.8 Å². The molecule has 0 spiro atoms. The number of carbonyl (C=O) groups is 2. The van der Waals surface area contributed by atoms with Gasteiger partial charge in [0.05, 0.1) is 18.6 Å². The van der Waals surface area contributed by atoms with Crippen molar-refractivity contribution >= 4 is 27.5 Å². The molecule has 0 unspecified atom stereocenters. The van der Waals surface area contributed by atoms with Crippen LogP contribution in [-0.2, 0) is 26.0 Å². The number of hydrogen-bond acceptors (Lipinski definition) is 5. The standard InChI is InChI=1S/C29H43N3O5S/c1-6-25(29(34)30-22-23(3)4)31(21-19-24-14-9-8-10-15-24)28(33)18-13-20-32(38(5,35)36)26-16-11-12-17-27(26)37-7-2/h8-12,14-17,23,25H,6-7,13,18-22H2,1-5H3,(H,30,34)/t25-/m1/s1. The Morgan fingerprint density at radius 3 is 2.24 bits per heavy atom. The van der Waals surface area contributed by atoms with Crippen LogP contribution < -0.4 is 14.4 Å². The van der Waals surface area contributed by atoms with Crippen molar-refractivity contribution in [3.05, 3.63) is 60.2 Å². The molecule has 0 fully saturated rings. The number of benzene rings is 2. The zero-order valence-electron chi connectivity index (χ0n) is 23.4. The van der Waals surface area contributed by atoms with Gasteiger partial charge < -0.3 is 15.0 Å². The van der Waals surface area contributed by atoms with Crippen molar-refractivity contribution in [1.82, 2.24) is 10.2 Å². The van der Waals surface area contributed by atoms with Crippen LogP contribution in [0.3, 0.4) is 0 Å².